The van der Waals surface area contributed by atoms with Crippen LogP contribution in [0.15, 0.2) is 53.9 Å². The van der Waals surface area contributed by atoms with Gasteiger partial charge >= 0.3 is 5.97 Å². The molecule has 8 nitrogen and oxygen atoms in total. The van der Waals surface area contributed by atoms with Crippen LogP contribution >= 0.6 is 22.9 Å². The molecule has 0 saturated carbocycles. The summed E-state index contributed by atoms with van der Waals surface area (Å²) in [5.41, 5.74) is 1.63. The highest BCUT2D eigenvalue weighted by molar-refractivity contribution is 7.14. The van der Waals surface area contributed by atoms with Crippen molar-refractivity contribution in [2.75, 3.05) is 10.2 Å². The van der Waals surface area contributed by atoms with E-state index in [-0.39, 0.29) is 18.9 Å². The van der Waals surface area contributed by atoms with Crippen LogP contribution < -0.4 is 15.0 Å². The third-order valence-electron chi connectivity index (χ3n) is 4.55. The fraction of sp³-hybridized carbons (Fsp3) is 0.182. The number of hydrogen-bond acceptors (Lipinski definition) is 7. The number of benzene rings is 2. The van der Waals surface area contributed by atoms with Crippen LogP contribution in [-0.2, 0) is 25.7 Å². The van der Waals surface area contributed by atoms with E-state index in [1.807, 2.05) is 0 Å². The molecule has 0 unspecified atom stereocenters. The molecule has 0 aliphatic carbocycles. The number of rotatable bonds is 6. The van der Waals surface area contributed by atoms with E-state index < -0.39 is 18.0 Å². The maximum Gasteiger partial charge on any atom is 0.310 e. The third-order valence-corrected chi connectivity index (χ3v) is 5.66. The Balaban J connectivity index is 1.37. The van der Waals surface area contributed by atoms with Crippen LogP contribution in [0.25, 0.3) is 0 Å². The quantitative estimate of drug-likeness (QED) is 0.538. The molecule has 1 atom stereocenters. The van der Waals surface area contributed by atoms with Crippen molar-refractivity contribution in [1.29, 1.82) is 0 Å². The van der Waals surface area contributed by atoms with E-state index in [0.717, 1.165) is 0 Å². The van der Waals surface area contributed by atoms with Crippen molar-refractivity contribution >= 4 is 57.2 Å². The molecular weight excluding hydrogens is 454 g/mol. The Hall–Kier alpha value is -3.43. The van der Waals surface area contributed by atoms with Crippen molar-refractivity contribution in [3.05, 3.63) is 64.6 Å². The summed E-state index contributed by atoms with van der Waals surface area (Å²) in [4.78, 5) is 42.4. The fourth-order valence-electron chi connectivity index (χ4n) is 3.10. The largest absolute Gasteiger partial charge is 0.478 e. The SMILES string of the molecule is CC(=O)N(c1cccc(Cl)c1)c1nc(COC(=O)C[C@@H]2Oc3ccccc3NC2=O)cs1. The van der Waals surface area contributed by atoms with Crippen LogP contribution in [0.3, 0.4) is 0 Å². The molecule has 1 aromatic heterocycles. The highest BCUT2D eigenvalue weighted by atomic mass is 35.5. The number of halogens is 1. The molecule has 0 bridgehead atoms. The Kier molecular flexibility index (Phi) is 6.38. The summed E-state index contributed by atoms with van der Waals surface area (Å²) in [6, 6.07) is 13.9. The van der Waals surface area contributed by atoms with Gasteiger partial charge in [0, 0.05) is 17.3 Å². The average Bonchev–Trinajstić information content (AvgIpc) is 3.21. The minimum absolute atomic E-state index is 0.0957. The molecule has 4 rings (SSSR count). The monoisotopic (exact) mass is 471 g/mol. The van der Waals surface area contributed by atoms with E-state index in [4.69, 9.17) is 21.1 Å². The molecule has 0 radical (unpaired) electrons. The summed E-state index contributed by atoms with van der Waals surface area (Å²) < 4.78 is 10.9. The third kappa shape index (κ3) is 4.90. The summed E-state index contributed by atoms with van der Waals surface area (Å²) in [5.74, 6) is -0.738. The first-order valence-corrected chi connectivity index (χ1v) is 10.9. The lowest BCUT2D eigenvalue weighted by Gasteiger charge is -2.25. The van der Waals surface area contributed by atoms with Gasteiger partial charge in [-0.25, -0.2) is 4.98 Å². The number of carbonyl (C=O) groups is 3. The van der Waals surface area contributed by atoms with E-state index in [1.165, 1.54) is 23.2 Å². The topological polar surface area (TPSA) is 97.8 Å². The van der Waals surface area contributed by atoms with Crippen LogP contribution in [0.1, 0.15) is 19.0 Å². The van der Waals surface area contributed by atoms with Crippen LogP contribution in [0.4, 0.5) is 16.5 Å². The molecule has 0 fully saturated rings. The number of amides is 2. The zero-order chi connectivity index (χ0) is 22.7. The lowest BCUT2D eigenvalue weighted by molar-refractivity contribution is -0.149. The number of esters is 1. The van der Waals surface area contributed by atoms with Crippen LogP contribution in [0, 0.1) is 0 Å². The number of aromatic nitrogens is 1. The molecule has 2 amide bonds. The fourth-order valence-corrected chi connectivity index (χ4v) is 4.16. The van der Waals surface area contributed by atoms with Gasteiger partial charge in [0.05, 0.1) is 23.5 Å². The second-order valence-corrected chi connectivity index (χ2v) is 8.19. The number of nitrogens with zero attached hydrogens (tertiary/aromatic N) is 2. The van der Waals surface area contributed by atoms with Crippen LogP contribution in [-0.4, -0.2) is 28.9 Å². The maximum absolute atomic E-state index is 12.3. The van der Waals surface area contributed by atoms with Gasteiger partial charge in [0.25, 0.3) is 5.91 Å². The molecule has 164 valence electrons. The molecule has 1 aliphatic rings. The number of carbonyl (C=O) groups excluding carboxylic acids is 3. The van der Waals surface area contributed by atoms with Gasteiger partial charge in [-0.3, -0.25) is 19.3 Å². The molecule has 1 aliphatic heterocycles. The van der Waals surface area contributed by atoms with Crippen molar-refractivity contribution < 1.29 is 23.9 Å². The van der Waals surface area contributed by atoms with E-state index in [2.05, 4.69) is 10.3 Å². The minimum atomic E-state index is -0.973. The molecule has 32 heavy (non-hydrogen) atoms. The van der Waals surface area contributed by atoms with Gasteiger partial charge in [0.2, 0.25) is 5.91 Å². The van der Waals surface area contributed by atoms with Gasteiger partial charge in [0.15, 0.2) is 11.2 Å². The van der Waals surface area contributed by atoms with Gasteiger partial charge in [-0.2, -0.15) is 0 Å². The molecule has 2 aromatic carbocycles. The van der Waals surface area contributed by atoms with Gasteiger partial charge < -0.3 is 14.8 Å². The summed E-state index contributed by atoms with van der Waals surface area (Å²) >= 11 is 7.28. The van der Waals surface area contributed by atoms with E-state index in [0.29, 0.717) is 33.0 Å². The summed E-state index contributed by atoms with van der Waals surface area (Å²) in [5, 5.41) is 5.33. The molecule has 1 N–H and O–H groups in total. The predicted molar refractivity (Wildman–Crippen MR) is 120 cm³/mol. The number of ether oxygens (including phenoxy) is 2. The number of anilines is 3. The lowest BCUT2D eigenvalue weighted by Crippen LogP contribution is -2.38. The van der Waals surface area contributed by atoms with Gasteiger partial charge in [0.1, 0.15) is 12.4 Å². The van der Waals surface area contributed by atoms with Gasteiger partial charge in [-0.15, -0.1) is 11.3 Å². The van der Waals surface area contributed by atoms with Gasteiger partial charge in [-0.05, 0) is 30.3 Å². The molecular formula is C22H18ClN3O5S. The average molecular weight is 472 g/mol. The summed E-state index contributed by atoms with van der Waals surface area (Å²) in [7, 11) is 0. The predicted octanol–water partition coefficient (Wildman–Crippen LogP) is 4.31. The van der Waals surface area contributed by atoms with Gasteiger partial charge in [-0.1, -0.05) is 29.8 Å². The summed E-state index contributed by atoms with van der Waals surface area (Å²) in [6.45, 7) is 1.33. The van der Waals surface area contributed by atoms with Crippen molar-refractivity contribution in [3.8, 4) is 5.75 Å². The first-order valence-electron chi connectivity index (χ1n) is 9.63. The maximum atomic E-state index is 12.3. The Morgan fingerprint density at radius 1 is 1.25 bits per heavy atom. The Labute approximate surface area is 192 Å². The zero-order valence-corrected chi connectivity index (χ0v) is 18.5. The Morgan fingerprint density at radius 3 is 2.84 bits per heavy atom. The zero-order valence-electron chi connectivity index (χ0n) is 16.9. The highest BCUT2D eigenvalue weighted by Crippen LogP contribution is 2.31. The van der Waals surface area contributed by atoms with Crippen LogP contribution in [0.2, 0.25) is 5.02 Å². The number of nitrogens with one attached hydrogen (secondary N) is 1. The van der Waals surface area contributed by atoms with Crippen molar-refractivity contribution in [3.63, 3.8) is 0 Å². The van der Waals surface area contributed by atoms with E-state index in [1.54, 1.807) is 53.9 Å². The highest BCUT2D eigenvalue weighted by Gasteiger charge is 2.30. The van der Waals surface area contributed by atoms with Crippen molar-refractivity contribution in [2.24, 2.45) is 0 Å². The smallest absolute Gasteiger partial charge is 0.310 e. The molecule has 0 saturated heterocycles. The molecule has 3 aromatic rings. The molecule has 2 heterocycles. The van der Waals surface area contributed by atoms with Crippen LogP contribution in [0.5, 0.6) is 5.75 Å². The second kappa shape index (κ2) is 9.37. The second-order valence-electron chi connectivity index (χ2n) is 6.91. The normalized spacial score (nSPS) is 14.7. The standard InChI is InChI=1S/C22H18ClN3O5S/c1-13(27)26(16-6-4-5-14(23)9-16)22-24-15(12-32-22)11-30-20(28)10-19-21(29)25-17-7-2-3-8-18(17)31-19/h2-9,12,19H,10-11H2,1H3,(H,25,29)/t19-/m0/s1. The molecule has 10 heteroatoms. The summed E-state index contributed by atoms with van der Waals surface area (Å²) in [6.07, 6.45) is -1.21. The number of para-hydroxylation sites is 2. The Morgan fingerprint density at radius 2 is 2.06 bits per heavy atom. The number of thiazole rings is 1. The van der Waals surface area contributed by atoms with E-state index >= 15 is 0 Å². The lowest BCUT2D eigenvalue weighted by atomic mass is 10.1. The Bertz CT molecular complexity index is 1180. The van der Waals surface area contributed by atoms with E-state index in [9.17, 15) is 14.4 Å². The minimum Gasteiger partial charge on any atom is -0.478 e. The van der Waals surface area contributed by atoms with Crippen molar-refractivity contribution in [2.45, 2.75) is 26.1 Å². The first-order chi connectivity index (χ1) is 15.4. The molecule has 0 spiro atoms. The number of fused-ring (bicyclic) bond motifs is 1. The first kappa shape index (κ1) is 21.8. The van der Waals surface area contributed by atoms with Crippen molar-refractivity contribution in [1.82, 2.24) is 4.98 Å². The number of hydrogen-bond donors (Lipinski definition) is 1.